The lowest BCUT2D eigenvalue weighted by atomic mass is 10.2. The zero-order valence-electron chi connectivity index (χ0n) is 10.7. The van der Waals surface area contributed by atoms with E-state index in [-0.39, 0.29) is 5.28 Å². The topological polar surface area (TPSA) is 59.7 Å². The molecule has 0 saturated heterocycles. The van der Waals surface area contributed by atoms with Crippen LogP contribution in [0, 0.1) is 0 Å². The number of hydrogen-bond donors (Lipinski definition) is 0. The van der Waals surface area contributed by atoms with Gasteiger partial charge in [0.2, 0.25) is 11.2 Å². The van der Waals surface area contributed by atoms with Crippen molar-refractivity contribution >= 4 is 17.5 Å². The molecule has 3 rings (SSSR count). The molecule has 0 N–H and O–H groups in total. The van der Waals surface area contributed by atoms with Crippen LogP contribution in [0.1, 0.15) is 25.7 Å². The van der Waals surface area contributed by atoms with Crippen molar-refractivity contribution in [3.05, 3.63) is 23.7 Å². The minimum absolute atomic E-state index is 0.195. The summed E-state index contributed by atoms with van der Waals surface area (Å²) in [4.78, 5) is 14.8. The normalized spacial score (nSPS) is 15.9. The van der Waals surface area contributed by atoms with E-state index in [9.17, 15) is 0 Å². The molecule has 0 bridgehead atoms. The minimum Gasteiger partial charge on any atom is -0.341 e. The molecule has 100 valence electrons. The fourth-order valence-electron chi connectivity index (χ4n) is 2.43. The van der Waals surface area contributed by atoms with Crippen LogP contribution in [0.15, 0.2) is 18.5 Å². The van der Waals surface area contributed by atoms with Crippen molar-refractivity contribution < 1.29 is 0 Å². The van der Waals surface area contributed by atoms with Gasteiger partial charge in [0.25, 0.3) is 5.95 Å². The molecule has 1 aliphatic carbocycles. The molecule has 1 saturated carbocycles. The van der Waals surface area contributed by atoms with E-state index in [2.05, 4.69) is 25.0 Å². The Hall–Kier alpha value is -1.69. The molecule has 1 fully saturated rings. The molecule has 0 atom stereocenters. The first-order valence-corrected chi connectivity index (χ1v) is 6.76. The SMILES string of the molecule is CN(c1nc(Cl)nc(-n2cccn2)n1)C1CCCC1. The van der Waals surface area contributed by atoms with Crippen molar-refractivity contribution in [1.29, 1.82) is 0 Å². The third-order valence-corrected chi connectivity index (χ3v) is 3.65. The van der Waals surface area contributed by atoms with Crippen molar-refractivity contribution in [3.8, 4) is 5.95 Å². The first kappa shape index (κ1) is 12.3. The average Bonchev–Trinajstić information content (AvgIpc) is 3.10. The van der Waals surface area contributed by atoms with E-state index in [1.165, 1.54) is 25.7 Å². The van der Waals surface area contributed by atoms with Gasteiger partial charge in [-0.15, -0.1) is 0 Å². The molecule has 0 aliphatic heterocycles. The number of nitrogens with zero attached hydrogens (tertiary/aromatic N) is 6. The number of rotatable bonds is 3. The highest BCUT2D eigenvalue weighted by atomic mass is 35.5. The average molecular weight is 279 g/mol. The summed E-state index contributed by atoms with van der Waals surface area (Å²) < 4.78 is 1.58. The summed E-state index contributed by atoms with van der Waals surface area (Å²) in [5, 5.41) is 4.31. The predicted octanol–water partition coefficient (Wildman–Crippen LogP) is 2.09. The molecule has 6 nitrogen and oxygen atoms in total. The molecule has 2 heterocycles. The molecule has 1 aliphatic rings. The van der Waals surface area contributed by atoms with Gasteiger partial charge in [-0.2, -0.15) is 20.1 Å². The van der Waals surface area contributed by atoms with Crippen molar-refractivity contribution in [2.45, 2.75) is 31.7 Å². The Bertz CT molecular complexity index is 549. The van der Waals surface area contributed by atoms with E-state index >= 15 is 0 Å². The third-order valence-electron chi connectivity index (χ3n) is 3.48. The van der Waals surface area contributed by atoms with Crippen LogP contribution in [0.2, 0.25) is 5.28 Å². The maximum atomic E-state index is 5.99. The quantitative estimate of drug-likeness (QED) is 0.860. The van der Waals surface area contributed by atoms with Crippen molar-refractivity contribution in [2.75, 3.05) is 11.9 Å². The maximum Gasteiger partial charge on any atom is 0.256 e. The molecule has 2 aromatic rings. The van der Waals surface area contributed by atoms with Gasteiger partial charge in [-0.05, 0) is 30.5 Å². The minimum atomic E-state index is 0.195. The largest absolute Gasteiger partial charge is 0.341 e. The Morgan fingerprint density at radius 2 is 2.05 bits per heavy atom. The van der Waals surface area contributed by atoms with Crippen LogP contribution in [0.4, 0.5) is 5.95 Å². The van der Waals surface area contributed by atoms with Gasteiger partial charge < -0.3 is 4.90 Å². The van der Waals surface area contributed by atoms with Gasteiger partial charge >= 0.3 is 0 Å². The first-order chi connectivity index (χ1) is 9.24. The standard InChI is InChI=1S/C12H15ClN6/c1-18(9-5-2-3-6-9)11-15-10(13)16-12(17-11)19-8-4-7-14-19/h4,7-9H,2-3,5-6H2,1H3. The molecule has 7 heteroatoms. The molecule has 19 heavy (non-hydrogen) atoms. The van der Waals surface area contributed by atoms with Gasteiger partial charge in [0.1, 0.15) is 0 Å². The molecule has 0 aromatic carbocycles. The van der Waals surface area contributed by atoms with E-state index in [0.29, 0.717) is 17.9 Å². The smallest absolute Gasteiger partial charge is 0.256 e. The molecule has 0 unspecified atom stereocenters. The fourth-order valence-corrected chi connectivity index (χ4v) is 2.58. The first-order valence-electron chi connectivity index (χ1n) is 6.38. The van der Waals surface area contributed by atoms with Gasteiger partial charge in [0, 0.05) is 25.5 Å². The molecular weight excluding hydrogens is 264 g/mol. The Morgan fingerprint density at radius 3 is 2.74 bits per heavy atom. The van der Waals surface area contributed by atoms with E-state index < -0.39 is 0 Å². The van der Waals surface area contributed by atoms with E-state index in [1.807, 2.05) is 13.1 Å². The highest BCUT2D eigenvalue weighted by Gasteiger charge is 2.22. The van der Waals surface area contributed by atoms with Crippen LogP contribution in [0.3, 0.4) is 0 Å². The second kappa shape index (κ2) is 5.13. The van der Waals surface area contributed by atoms with Crippen molar-refractivity contribution in [3.63, 3.8) is 0 Å². The lowest BCUT2D eigenvalue weighted by molar-refractivity contribution is 0.633. The molecule has 0 spiro atoms. The van der Waals surface area contributed by atoms with Gasteiger partial charge in [-0.3, -0.25) is 0 Å². The van der Waals surface area contributed by atoms with Gasteiger partial charge in [-0.25, -0.2) is 4.68 Å². The summed E-state index contributed by atoms with van der Waals surface area (Å²) in [7, 11) is 2.01. The lowest BCUT2D eigenvalue weighted by Gasteiger charge is -2.24. The Balaban J connectivity index is 1.93. The van der Waals surface area contributed by atoms with Crippen LogP contribution in [0.25, 0.3) is 5.95 Å². The summed E-state index contributed by atoms with van der Waals surface area (Å²) >= 11 is 5.99. The van der Waals surface area contributed by atoms with Crippen LogP contribution in [-0.2, 0) is 0 Å². The Morgan fingerprint density at radius 1 is 1.26 bits per heavy atom. The van der Waals surface area contributed by atoms with Gasteiger partial charge in [0.05, 0.1) is 0 Å². The van der Waals surface area contributed by atoms with Gasteiger partial charge in [0.15, 0.2) is 0 Å². The highest BCUT2D eigenvalue weighted by Crippen LogP contribution is 2.25. The van der Waals surface area contributed by atoms with E-state index in [1.54, 1.807) is 17.1 Å². The van der Waals surface area contributed by atoms with Crippen LogP contribution >= 0.6 is 11.6 Å². The number of anilines is 1. The Kier molecular flexibility index (Phi) is 3.33. The summed E-state index contributed by atoms with van der Waals surface area (Å²) in [6.45, 7) is 0. The molecule has 0 radical (unpaired) electrons. The second-order valence-electron chi connectivity index (χ2n) is 4.70. The van der Waals surface area contributed by atoms with E-state index in [0.717, 1.165) is 0 Å². The van der Waals surface area contributed by atoms with E-state index in [4.69, 9.17) is 11.6 Å². The van der Waals surface area contributed by atoms with Crippen LogP contribution in [0.5, 0.6) is 0 Å². The maximum absolute atomic E-state index is 5.99. The van der Waals surface area contributed by atoms with Gasteiger partial charge in [-0.1, -0.05) is 12.8 Å². The van der Waals surface area contributed by atoms with Crippen LogP contribution in [-0.4, -0.2) is 37.8 Å². The zero-order valence-corrected chi connectivity index (χ0v) is 11.5. The van der Waals surface area contributed by atoms with Crippen molar-refractivity contribution in [2.24, 2.45) is 0 Å². The third kappa shape index (κ3) is 2.53. The fraction of sp³-hybridized carbons (Fsp3) is 0.500. The molecule has 2 aromatic heterocycles. The monoisotopic (exact) mass is 278 g/mol. The van der Waals surface area contributed by atoms with Crippen molar-refractivity contribution in [1.82, 2.24) is 24.7 Å². The summed E-state index contributed by atoms with van der Waals surface area (Å²) in [5.74, 6) is 1.06. The Labute approximate surface area is 116 Å². The van der Waals surface area contributed by atoms with Crippen LogP contribution < -0.4 is 4.90 Å². The predicted molar refractivity (Wildman–Crippen MR) is 72.6 cm³/mol. The second-order valence-corrected chi connectivity index (χ2v) is 5.04. The number of aromatic nitrogens is 5. The number of hydrogen-bond acceptors (Lipinski definition) is 5. The highest BCUT2D eigenvalue weighted by molar-refractivity contribution is 6.28. The lowest BCUT2D eigenvalue weighted by Crippen LogP contribution is -2.31. The molecular formula is C12H15ClN6. The summed E-state index contributed by atoms with van der Waals surface area (Å²) in [5.41, 5.74) is 0. The summed E-state index contributed by atoms with van der Waals surface area (Å²) in [6.07, 6.45) is 8.34. The summed E-state index contributed by atoms with van der Waals surface area (Å²) in [6, 6.07) is 2.31. The zero-order chi connectivity index (χ0) is 13.2. The number of halogens is 1. The molecule has 0 amide bonds.